The molecule has 0 bridgehead atoms. The van der Waals surface area contributed by atoms with Crippen LogP contribution in [0.25, 0.3) is 0 Å². The van der Waals surface area contributed by atoms with Crippen molar-refractivity contribution in [1.82, 2.24) is 0 Å². The molecule has 70 valence electrons. The summed E-state index contributed by atoms with van der Waals surface area (Å²) in [6, 6.07) is 9.75. The van der Waals surface area contributed by atoms with Gasteiger partial charge in [-0.2, -0.15) is 0 Å². The van der Waals surface area contributed by atoms with Crippen molar-refractivity contribution in [3.63, 3.8) is 0 Å². The highest BCUT2D eigenvalue weighted by atomic mass is 16.4. The fourth-order valence-corrected chi connectivity index (χ4v) is 1.23. The van der Waals surface area contributed by atoms with Crippen molar-refractivity contribution in [1.29, 1.82) is 0 Å². The van der Waals surface area contributed by atoms with Gasteiger partial charge < -0.3 is 5.21 Å². The zero-order chi connectivity index (χ0) is 9.68. The first-order chi connectivity index (χ1) is 6.24. The number of oxime groups is 1. The summed E-state index contributed by atoms with van der Waals surface area (Å²) in [4.78, 5) is 0. The lowest BCUT2D eigenvalue weighted by Crippen LogP contribution is -2.04. The summed E-state index contributed by atoms with van der Waals surface area (Å²) in [5.74, 6) is 0.506. The standard InChI is InChI=1S/C11H15NO/c1-9(2)8-11(12-13)10-6-4-3-5-7-10/h3-7,9,13H,8H2,1-2H3. The van der Waals surface area contributed by atoms with E-state index in [0.29, 0.717) is 5.92 Å². The number of benzene rings is 1. The summed E-state index contributed by atoms with van der Waals surface area (Å²) in [5.41, 5.74) is 1.76. The molecule has 0 radical (unpaired) electrons. The molecule has 0 amide bonds. The van der Waals surface area contributed by atoms with E-state index in [0.717, 1.165) is 17.7 Å². The van der Waals surface area contributed by atoms with E-state index in [-0.39, 0.29) is 0 Å². The second-order valence-electron chi connectivity index (χ2n) is 3.51. The predicted molar refractivity (Wildman–Crippen MR) is 54.2 cm³/mol. The van der Waals surface area contributed by atoms with Crippen LogP contribution in [0.15, 0.2) is 35.5 Å². The van der Waals surface area contributed by atoms with Crippen LogP contribution in [0.4, 0.5) is 0 Å². The van der Waals surface area contributed by atoms with E-state index in [1.165, 1.54) is 0 Å². The Hall–Kier alpha value is -1.31. The van der Waals surface area contributed by atoms with Crippen molar-refractivity contribution in [3.05, 3.63) is 35.9 Å². The summed E-state index contributed by atoms with van der Waals surface area (Å²) in [7, 11) is 0. The van der Waals surface area contributed by atoms with Crippen LogP contribution in [-0.2, 0) is 0 Å². The van der Waals surface area contributed by atoms with Crippen LogP contribution in [-0.4, -0.2) is 10.9 Å². The molecule has 1 rings (SSSR count). The van der Waals surface area contributed by atoms with Gasteiger partial charge in [-0.3, -0.25) is 0 Å². The van der Waals surface area contributed by atoms with Gasteiger partial charge in [0.15, 0.2) is 0 Å². The maximum atomic E-state index is 8.82. The first-order valence-corrected chi connectivity index (χ1v) is 4.50. The van der Waals surface area contributed by atoms with Crippen LogP contribution in [0, 0.1) is 5.92 Å². The van der Waals surface area contributed by atoms with E-state index in [2.05, 4.69) is 19.0 Å². The van der Waals surface area contributed by atoms with Gasteiger partial charge in [0.05, 0.1) is 5.71 Å². The van der Waals surface area contributed by atoms with Crippen molar-refractivity contribution < 1.29 is 5.21 Å². The van der Waals surface area contributed by atoms with Crippen LogP contribution in [0.1, 0.15) is 25.8 Å². The van der Waals surface area contributed by atoms with Gasteiger partial charge in [0.25, 0.3) is 0 Å². The second-order valence-corrected chi connectivity index (χ2v) is 3.51. The normalized spacial score (nSPS) is 12.1. The molecule has 0 aromatic heterocycles. The summed E-state index contributed by atoms with van der Waals surface area (Å²) in [5, 5.41) is 12.1. The molecule has 0 spiro atoms. The maximum Gasteiger partial charge on any atom is 0.0870 e. The Balaban J connectivity index is 2.80. The minimum Gasteiger partial charge on any atom is -0.411 e. The third-order valence-corrected chi connectivity index (χ3v) is 1.83. The molecular weight excluding hydrogens is 162 g/mol. The molecule has 1 N–H and O–H groups in total. The Labute approximate surface area is 78.9 Å². The van der Waals surface area contributed by atoms with Crippen molar-refractivity contribution in [2.24, 2.45) is 11.1 Å². The van der Waals surface area contributed by atoms with Gasteiger partial charge in [-0.15, -0.1) is 0 Å². The van der Waals surface area contributed by atoms with Gasteiger partial charge in [0.1, 0.15) is 0 Å². The fraction of sp³-hybridized carbons (Fsp3) is 0.364. The van der Waals surface area contributed by atoms with Gasteiger partial charge in [-0.05, 0) is 17.9 Å². The van der Waals surface area contributed by atoms with E-state index >= 15 is 0 Å². The van der Waals surface area contributed by atoms with E-state index in [1.54, 1.807) is 0 Å². The van der Waals surface area contributed by atoms with Crippen molar-refractivity contribution in [3.8, 4) is 0 Å². The van der Waals surface area contributed by atoms with E-state index in [9.17, 15) is 0 Å². The van der Waals surface area contributed by atoms with Crippen LogP contribution in [0.2, 0.25) is 0 Å². The summed E-state index contributed by atoms with van der Waals surface area (Å²) in [6.45, 7) is 4.21. The lowest BCUT2D eigenvalue weighted by molar-refractivity contribution is 0.317. The molecule has 1 aromatic carbocycles. The van der Waals surface area contributed by atoms with Crippen LogP contribution in [0.3, 0.4) is 0 Å². The topological polar surface area (TPSA) is 32.6 Å². The number of rotatable bonds is 3. The number of hydrogen-bond donors (Lipinski definition) is 1. The largest absolute Gasteiger partial charge is 0.411 e. The van der Waals surface area contributed by atoms with Crippen molar-refractivity contribution in [2.45, 2.75) is 20.3 Å². The van der Waals surface area contributed by atoms with Crippen molar-refractivity contribution >= 4 is 5.71 Å². The Kier molecular flexibility index (Phi) is 3.50. The van der Waals surface area contributed by atoms with E-state index in [1.807, 2.05) is 30.3 Å². The quantitative estimate of drug-likeness (QED) is 0.430. The number of nitrogens with zero attached hydrogens (tertiary/aromatic N) is 1. The maximum absolute atomic E-state index is 8.82. The molecule has 0 fully saturated rings. The minimum atomic E-state index is 0.506. The lowest BCUT2D eigenvalue weighted by atomic mass is 10.0. The SMILES string of the molecule is CC(C)CC(=NO)c1ccccc1. The van der Waals surface area contributed by atoms with Gasteiger partial charge in [0.2, 0.25) is 0 Å². The van der Waals surface area contributed by atoms with Gasteiger partial charge in [-0.25, -0.2) is 0 Å². The Bertz CT molecular complexity index is 277. The first kappa shape index (κ1) is 9.78. The van der Waals surface area contributed by atoms with E-state index in [4.69, 9.17) is 5.21 Å². The fourth-order valence-electron chi connectivity index (χ4n) is 1.23. The Morgan fingerprint density at radius 1 is 1.31 bits per heavy atom. The second kappa shape index (κ2) is 4.65. The number of hydrogen-bond acceptors (Lipinski definition) is 2. The highest BCUT2D eigenvalue weighted by molar-refractivity contribution is 6.00. The molecule has 0 aliphatic rings. The smallest absolute Gasteiger partial charge is 0.0870 e. The highest BCUT2D eigenvalue weighted by Crippen LogP contribution is 2.09. The summed E-state index contributed by atoms with van der Waals surface area (Å²) in [6.07, 6.45) is 0.806. The molecule has 0 aliphatic heterocycles. The van der Waals surface area contributed by atoms with Crippen LogP contribution >= 0.6 is 0 Å². The van der Waals surface area contributed by atoms with Crippen molar-refractivity contribution in [2.75, 3.05) is 0 Å². The zero-order valence-corrected chi connectivity index (χ0v) is 8.07. The molecule has 0 heterocycles. The monoisotopic (exact) mass is 177 g/mol. The minimum absolute atomic E-state index is 0.506. The average Bonchev–Trinajstić information content (AvgIpc) is 2.15. The average molecular weight is 177 g/mol. The molecule has 0 unspecified atom stereocenters. The molecule has 0 saturated carbocycles. The molecule has 0 aliphatic carbocycles. The predicted octanol–water partition coefficient (Wildman–Crippen LogP) is 2.91. The summed E-state index contributed by atoms with van der Waals surface area (Å²) < 4.78 is 0. The summed E-state index contributed by atoms with van der Waals surface area (Å²) >= 11 is 0. The molecule has 13 heavy (non-hydrogen) atoms. The molecule has 1 aromatic rings. The van der Waals surface area contributed by atoms with Gasteiger partial charge in [-0.1, -0.05) is 49.3 Å². The zero-order valence-electron chi connectivity index (χ0n) is 8.07. The molecule has 2 heteroatoms. The first-order valence-electron chi connectivity index (χ1n) is 4.50. The molecular formula is C11H15NO. The van der Waals surface area contributed by atoms with Gasteiger partial charge >= 0.3 is 0 Å². The molecule has 0 atom stereocenters. The highest BCUT2D eigenvalue weighted by Gasteiger charge is 2.05. The Morgan fingerprint density at radius 2 is 1.92 bits per heavy atom. The molecule has 2 nitrogen and oxygen atoms in total. The Morgan fingerprint density at radius 3 is 2.38 bits per heavy atom. The third-order valence-electron chi connectivity index (χ3n) is 1.83. The van der Waals surface area contributed by atoms with Crippen LogP contribution in [0.5, 0.6) is 0 Å². The third kappa shape index (κ3) is 2.90. The van der Waals surface area contributed by atoms with Gasteiger partial charge in [0, 0.05) is 0 Å². The lowest BCUT2D eigenvalue weighted by Gasteiger charge is -2.06. The van der Waals surface area contributed by atoms with Crippen LogP contribution < -0.4 is 0 Å². The van der Waals surface area contributed by atoms with E-state index < -0.39 is 0 Å². The molecule has 0 saturated heterocycles.